The SMILES string of the molecule is Cn1nc(C2CC2)cc1NC(=O)N[C@H]1COC2(CCCCC2)C1. The van der Waals surface area contributed by atoms with Crippen LogP contribution in [0.25, 0.3) is 0 Å². The molecule has 0 radical (unpaired) electrons. The lowest BCUT2D eigenvalue weighted by Gasteiger charge is -2.32. The zero-order chi connectivity index (χ0) is 15.9. The molecule has 2 amide bonds. The molecule has 1 saturated heterocycles. The van der Waals surface area contributed by atoms with Crippen LogP contribution < -0.4 is 10.6 Å². The van der Waals surface area contributed by atoms with E-state index < -0.39 is 0 Å². The number of ether oxygens (including phenoxy) is 1. The number of amides is 2. The van der Waals surface area contributed by atoms with E-state index in [4.69, 9.17) is 4.74 Å². The number of carbonyl (C=O) groups excluding carboxylic acids is 1. The van der Waals surface area contributed by atoms with E-state index in [9.17, 15) is 4.79 Å². The Bertz CT molecular complexity index is 587. The van der Waals surface area contributed by atoms with Crippen molar-refractivity contribution >= 4 is 11.8 Å². The van der Waals surface area contributed by atoms with Gasteiger partial charge in [0.05, 0.1) is 23.9 Å². The van der Waals surface area contributed by atoms with E-state index >= 15 is 0 Å². The molecule has 2 N–H and O–H groups in total. The zero-order valence-corrected chi connectivity index (χ0v) is 13.8. The standard InChI is InChI=1S/C17H26N4O2/c1-21-15(9-14(20-21)12-5-6-12)19-16(22)18-13-10-17(23-11-13)7-3-2-4-8-17/h9,12-13H,2-8,10-11H2,1H3,(H2,18,19,22)/t13-/m1/s1. The highest BCUT2D eigenvalue weighted by Gasteiger charge is 2.41. The molecule has 3 aliphatic rings. The fourth-order valence-electron chi connectivity index (χ4n) is 4.00. The molecule has 3 fully saturated rings. The van der Waals surface area contributed by atoms with E-state index in [2.05, 4.69) is 15.7 Å². The van der Waals surface area contributed by atoms with Crippen molar-refractivity contribution in [1.82, 2.24) is 15.1 Å². The second-order valence-electron chi connectivity index (χ2n) is 7.41. The van der Waals surface area contributed by atoms with Crippen LogP contribution in [-0.4, -0.2) is 34.1 Å². The molecule has 126 valence electrons. The maximum Gasteiger partial charge on any atom is 0.320 e. The Morgan fingerprint density at radius 1 is 1.35 bits per heavy atom. The van der Waals surface area contributed by atoms with Crippen molar-refractivity contribution in [3.8, 4) is 0 Å². The van der Waals surface area contributed by atoms with Crippen LogP contribution in [0.3, 0.4) is 0 Å². The molecule has 0 aromatic carbocycles. The summed E-state index contributed by atoms with van der Waals surface area (Å²) in [7, 11) is 1.87. The molecule has 6 heteroatoms. The predicted octanol–water partition coefficient (Wildman–Crippen LogP) is 2.91. The number of hydrogen-bond acceptors (Lipinski definition) is 3. The Hall–Kier alpha value is -1.56. The minimum Gasteiger partial charge on any atom is -0.373 e. The van der Waals surface area contributed by atoms with Gasteiger partial charge in [-0.05, 0) is 32.1 Å². The molecular formula is C17H26N4O2. The second-order valence-corrected chi connectivity index (χ2v) is 7.41. The third-order valence-corrected chi connectivity index (χ3v) is 5.45. The lowest BCUT2D eigenvalue weighted by Crippen LogP contribution is -2.40. The number of nitrogens with one attached hydrogen (secondary N) is 2. The highest BCUT2D eigenvalue weighted by atomic mass is 16.5. The van der Waals surface area contributed by atoms with Crippen LogP contribution in [0, 0.1) is 0 Å². The van der Waals surface area contributed by atoms with Gasteiger partial charge in [0.2, 0.25) is 0 Å². The van der Waals surface area contributed by atoms with Crippen LogP contribution in [0.15, 0.2) is 6.07 Å². The van der Waals surface area contributed by atoms with Gasteiger partial charge in [0.1, 0.15) is 5.82 Å². The molecule has 0 unspecified atom stereocenters. The summed E-state index contributed by atoms with van der Waals surface area (Å²) in [5, 5.41) is 10.5. The van der Waals surface area contributed by atoms with Crippen molar-refractivity contribution < 1.29 is 9.53 Å². The van der Waals surface area contributed by atoms with Gasteiger partial charge in [-0.2, -0.15) is 5.10 Å². The van der Waals surface area contributed by atoms with Crippen molar-refractivity contribution in [2.75, 3.05) is 11.9 Å². The number of anilines is 1. The zero-order valence-electron chi connectivity index (χ0n) is 13.8. The Labute approximate surface area is 137 Å². The number of aryl methyl sites for hydroxylation is 1. The van der Waals surface area contributed by atoms with Gasteiger partial charge in [0, 0.05) is 19.0 Å². The van der Waals surface area contributed by atoms with E-state index in [1.54, 1.807) is 4.68 Å². The van der Waals surface area contributed by atoms with Gasteiger partial charge >= 0.3 is 6.03 Å². The Morgan fingerprint density at radius 2 is 2.13 bits per heavy atom. The van der Waals surface area contributed by atoms with Crippen LogP contribution in [0.4, 0.5) is 10.6 Å². The Balaban J connectivity index is 1.32. The molecule has 2 aliphatic carbocycles. The third kappa shape index (κ3) is 3.22. The summed E-state index contributed by atoms with van der Waals surface area (Å²) >= 11 is 0. The molecule has 1 spiro atoms. The van der Waals surface area contributed by atoms with Gasteiger partial charge in [-0.15, -0.1) is 0 Å². The van der Waals surface area contributed by atoms with Crippen molar-refractivity contribution in [2.24, 2.45) is 7.05 Å². The summed E-state index contributed by atoms with van der Waals surface area (Å²) in [6.07, 6.45) is 9.45. The molecule has 2 saturated carbocycles. The topological polar surface area (TPSA) is 68.2 Å². The van der Waals surface area contributed by atoms with Gasteiger partial charge < -0.3 is 10.1 Å². The molecule has 1 aromatic rings. The monoisotopic (exact) mass is 318 g/mol. The average molecular weight is 318 g/mol. The number of rotatable bonds is 3. The number of nitrogens with zero attached hydrogens (tertiary/aromatic N) is 2. The molecule has 1 atom stereocenters. The highest BCUT2D eigenvalue weighted by molar-refractivity contribution is 5.88. The summed E-state index contributed by atoms with van der Waals surface area (Å²) in [6, 6.07) is 1.95. The lowest BCUT2D eigenvalue weighted by molar-refractivity contribution is -0.0245. The van der Waals surface area contributed by atoms with Gasteiger partial charge in [-0.1, -0.05) is 19.3 Å². The van der Waals surface area contributed by atoms with E-state index in [-0.39, 0.29) is 17.7 Å². The van der Waals surface area contributed by atoms with Gasteiger partial charge in [-0.25, -0.2) is 4.79 Å². The molecular weight excluding hydrogens is 292 g/mol. The van der Waals surface area contributed by atoms with Crippen molar-refractivity contribution in [3.05, 3.63) is 11.8 Å². The van der Waals surface area contributed by atoms with E-state index in [0.29, 0.717) is 12.5 Å². The summed E-state index contributed by atoms with van der Waals surface area (Å²) in [4.78, 5) is 12.3. The van der Waals surface area contributed by atoms with E-state index in [0.717, 1.165) is 30.8 Å². The normalized spacial score (nSPS) is 26.4. The number of aromatic nitrogens is 2. The molecule has 0 bridgehead atoms. The predicted molar refractivity (Wildman–Crippen MR) is 87.5 cm³/mol. The summed E-state index contributed by atoms with van der Waals surface area (Å²) in [5.74, 6) is 1.35. The minimum absolute atomic E-state index is 0.0296. The van der Waals surface area contributed by atoms with Crippen molar-refractivity contribution in [2.45, 2.75) is 68.9 Å². The first-order valence-electron chi connectivity index (χ1n) is 8.89. The number of urea groups is 1. The van der Waals surface area contributed by atoms with Crippen LogP contribution in [-0.2, 0) is 11.8 Å². The Kier molecular flexibility index (Phi) is 3.79. The summed E-state index contributed by atoms with van der Waals surface area (Å²) < 4.78 is 7.80. The fraction of sp³-hybridized carbons (Fsp3) is 0.765. The minimum atomic E-state index is -0.156. The van der Waals surface area contributed by atoms with E-state index in [1.807, 2.05) is 13.1 Å². The first-order chi connectivity index (χ1) is 11.1. The largest absolute Gasteiger partial charge is 0.373 e. The van der Waals surface area contributed by atoms with Crippen molar-refractivity contribution in [1.29, 1.82) is 0 Å². The van der Waals surface area contributed by atoms with Crippen LogP contribution in [0.5, 0.6) is 0 Å². The number of carbonyl (C=O) groups is 1. The molecule has 2 heterocycles. The highest BCUT2D eigenvalue weighted by Crippen LogP contribution is 2.40. The third-order valence-electron chi connectivity index (χ3n) is 5.45. The molecule has 4 rings (SSSR count). The first-order valence-corrected chi connectivity index (χ1v) is 8.89. The smallest absolute Gasteiger partial charge is 0.320 e. The van der Waals surface area contributed by atoms with Gasteiger partial charge in [0.25, 0.3) is 0 Å². The van der Waals surface area contributed by atoms with Crippen molar-refractivity contribution in [3.63, 3.8) is 0 Å². The van der Waals surface area contributed by atoms with E-state index in [1.165, 1.54) is 32.1 Å². The maximum atomic E-state index is 12.3. The number of hydrogen-bond donors (Lipinski definition) is 2. The van der Waals surface area contributed by atoms with Crippen LogP contribution >= 0.6 is 0 Å². The fourth-order valence-corrected chi connectivity index (χ4v) is 4.00. The molecule has 1 aromatic heterocycles. The van der Waals surface area contributed by atoms with Gasteiger partial charge in [0.15, 0.2) is 0 Å². The van der Waals surface area contributed by atoms with Crippen LogP contribution in [0.1, 0.15) is 63.0 Å². The molecule has 1 aliphatic heterocycles. The average Bonchev–Trinajstić information content (AvgIpc) is 3.23. The summed E-state index contributed by atoms with van der Waals surface area (Å²) in [6.45, 7) is 0.631. The summed E-state index contributed by atoms with van der Waals surface area (Å²) in [5.41, 5.74) is 1.12. The molecule has 23 heavy (non-hydrogen) atoms. The maximum absolute atomic E-state index is 12.3. The van der Waals surface area contributed by atoms with Gasteiger partial charge in [-0.3, -0.25) is 10.00 Å². The second kappa shape index (κ2) is 5.82. The quantitative estimate of drug-likeness (QED) is 0.900. The first kappa shape index (κ1) is 15.0. The Morgan fingerprint density at radius 3 is 2.87 bits per heavy atom. The lowest BCUT2D eigenvalue weighted by atomic mass is 9.82. The molecule has 6 nitrogen and oxygen atoms in total. The van der Waals surface area contributed by atoms with Crippen LogP contribution in [0.2, 0.25) is 0 Å².